The highest BCUT2D eigenvalue weighted by Crippen LogP contribution is 2.21. The highest BCUT2D eigenvalue weighted by Gasteiger charge is 2.20. The Morgan fingerprint density at radius 1 is 1.50 bits per heavy atom. The first-order valence-corrected chi connectivity index (χ1v) is 5.51. The van der Waals surface area contributed by atoms with E-state index in [1.54, 1.807) is 24.2 Å². The minimum absolute atomic E-state index is 0.140. The molecule has 0 aliphatic carbocycles. The largest absolute Gasteiger partial charge is 0.394 e. The van der Waals surface area contributed by atoms with E-state index in [1.807, 2.05) is 26.1 Å². The molecule has 0 aromatic carbocycles. The van der Waals surface area contributed by atoms with E-state index in [4.69, 9.17) is 0 Å². The number of thioether (sulfide) groups is 1. The third-order valence-corrected chi connectivity index (χ3v) is 3.55. The molecule has 78 valence electrons. The fourth-order valence-electron chi connectivity index (χ4n) is 0.874. The number of aliphatic hydroxyl groups is 1. The van der Waals surface area contributed by atoms with Gasteiger partial charge in [-0.05, 0) is 26.1 Å². The number of hydrogen-bond donors (Lipinski definition) is 2. The molecule has 0 saturated carbocycles. The Hall–Kier alpha value is -0.580. The van der Waals surface area contributed by atoms with Gasteiger partial charge in [0.15, 0.2) is 0 Å². The van der Waals surface area contributed by atoms with Crippen LogP contribution in [0.2, 0.25) is 0 Å². The maximum absolute atomic E-state index is 9.18. The van der Waals surface area contributed by atoms with Gasteiger partial charge in [-0.3, -0.25) is 4.98 Å². The van der Waals surface area contributed by atoms with Crippen molar-refractivity contribution in [1.82, 2.24) is 10.3 Å². The summed E-state index contributed by atoms with van der Waals surface area (Å²) in [6.07, 6.45) is 3.55. The third-order valence-electron chi connectivity index (χ3n) is 2.16. The van der Waals surface area contributed by atoms with Crippen molar-refractivity contribution >= 4 is 11.8 Å². The van der Waals surface area contributed by atoms with Crippen molar-refractivity contribution in [3.63, 3.8) is 0 Å². The fourth-order valence-corrected chi connectivity index (χ4v) is 1.91. The molecular weight excluding hydrogens is 196 g/mol. The molecule has 0 amide bonds. The van der Waals surface area contributed by atoms with Crippen molar-refractivity contribution in [1.29, 1.82) is 0 Å². The van der Waals surface area contributed by atoms with E-state index in [2.05, 4.69) is 10.3 Å². The summed E-state index contributed by atoms with van der Waals surface area (Å²) >= 11 is 1.71. The Morgan fingerprint density at radius 2 is 2.14 bits per heavy atom. The summed E-state index contributed by atoms with van der Waals surface area (Å²) in [5.41, 5.74) is -0.214. The Bertz CT molecular complexity index is 262. The van der Waals surface area contributed by atoms with Gasteiger partial charge in [0.2, 0.25) is 0 Å². The topological polar surface area (TPSA) is 45.1 Å². The fraction of sp³-hybridized carbons (Fsp3) is 0.500. The molecule has 1 aromatic heterocycles. The van der Waals surface area contributed by atoms with Crippen LogP contribution in [0.5, 0.6) is 0 Å². The van der Waals surface area contributed by atoms with Crippen LogP contribution in [0.25, 0.3) is 0 Å². The second kappa shape index (κ2) is 5.34. The molecule has 0 aliphatic heterocycles. The standard InChI is InChI=1S/C10H16N2OS/c1-10(7-13,11-2)8-14-9-3-5-12-6-4-9/h3-6,11,13H,7-8H2,1-2H3. The molecule has 0 bridgehead atoms. The third kappa shape index (κ3) is 3.29. The lowest BCUT2D eigenvalue weighted by molar-refractivity contribution is 0.200. The lowest BCUT2D eigenvalue weighted by Gasteiger charge is -2.26. The first kappa shape index (κ1) is 11.5. The van der Waals surface area contributed by atoms with Gasteiger partial charge in [-0.15, -0.1) is 11.8 Å². The van der Waals surface area contributed by atoms with E-state index >= 15 is 0 Å². The van der Waals surface area contributed by atoms with Crippen molar-refractivity contribution < 1.29 is 5.11 Å². The van der Waals surface area contributed by atoms with Gasteiger partial charge in [-0.2, -0.15) is 0 Å². The van der Waals surface area contributed by atoms with Crippen molar-refractivity contribution in [3.8, 4) is 0 Å². The minimum atomic E-state index is -0.214. The summed E-state index contributed by atoms with van der Waals surface area (Å²) in [7, 11) is 1.86. The van der Waals surface area contributed by atoms with Crippen molar-refractivity contribution in [2.75, 3.05) is 19.4 Å². The smallest absolute Gasteiger partial charge is 0.0618 e. The van der Waals surface area contributed by atoms with Crippen molar-refractivity contribution in [2.45, 2.75) is 17.4 Å². The molecule has 1 unspecified atom stereocenters. The Kier molecular flexibility index (Phi) is 4.38. The van der Waals surface area contributed by atoms with Gasteiger partial charge in [0.1, 0.15) is 0 Å². The number of likely N-dealkylation sites (N-methyl/N-ethyl adjacent to an activating group) is 1. The molecule has 1 heterocycles. The molecule has 1 rings (SSSR count). The average molecular weight is 212 g/mol. The zero-order valence-electron chi connectivity index (χ0n) is 8.53. The molecule has 2 N–H and O–H groups in total. The lowest BCUT2D eigenvalue weighted by Crippen LogP contribution is -2.45. The van der Waals surface area contributed by atoms with Crippen molar-refractivity contribution in [3.05, 3.63) is 24.5 Å². The van der Waals surface area contributed by atoms with E-state index in [1.165, 1.54) is 4.90 Å². The first-order chi connectivity index (χ1) is 6.70. The van der Waals surface area contributed by atoms with Gasteiger partial charge in [0.25, 0.3) is 0 Å². The van der Waals surface area contributed by atoms with Crippen LogP contribution in [0.1, 0.15) is 6.92 Å². The minimum Gasteiger partial charge on any atom is -0.394 e. The van der Waals surface area contributed by atoms with Gasteiger partial charge in [0.05, 0.1) is 6.61 Å². The summed E-state index contributed by atoms with van der Waals surface area (Å²) in [6.45, 7) is 2.14. The molecule has 3 nitrogen and oxygen atoms in total. The predicted molar refractivity (Wildman–Crippen MR) is 59.5 cm³/mol. The SMILES string of the molecule is CNC(C)(CO)CSc1ccncc1. The highest BCUT2D eigenvalue weighted by molar-refractivity contribution is 7.99. The quantitative estimate of drug-likeness (QED) is 0.719. The average Bonchev–Trinajstić information content (AvgIpc) is 2.27. The summed E-state index contributed by atoms with van der Waals surface area (Å²) in [5, 5.41) is 12.3. The number of nitrogens with one attached hydrogen (secondary N) is 1. The number of pyridine rings is 1. The van der Waals surface area contributed by atoms with Crippen LogP contribution in [0.3, 0.4) is 0 Å². The van der Waals surface area contributed by atoms with E-state index in [0.29, 0.717) is 0 Å². The molecule has 14 heavy (non-hydrogen) atoms. The Balaban J connectivity index is 2.48. The van der Waals surface area contributed by atoms with E-state index in [0.717, 1.165) is 5.75 Å². The first-order valence-electron chi connectivity index (χ1n) is 4.53. The zero-order chi connectivity index (χ0) is 10.4. The molecule has 4 heteroatoms. The maximum Gasteiger partial charge on any atom is 0.0618 e. The van der Waals surface area contributed by atoms with E-state index in [9.17, 15) is 5.11 Å². The van der Waals surface area contributed by atoms with Gasteiger partial charge in [-0.1, -0.05) is 0 Å². The number of rotatable bonds is 5. The highest BCUT2D eigenvalue weighted by atomic mass is 32.2. The van der Waals surface area contributed by atoms with E-state index < -0.39 is 0 Å². The summed E-state index contributed by atoms with van der Waals surface area (Å²) in [4.78, 5) is 5.13. The van der Waals surface area contributed by atoms with Crippen LogP contribution in [0, 0.1) is 0 Å². The van der Waals surface area contributed by atoms with Crippen LogP contribution in [-0.2, 0) is 0 Å². The molecule has 0 aliphatic rings. The molecule has 0 saturated heterocycles. The summed E-state index contributed by atoms with van der Waals surface area (Å²) < 4.78 is 0. The predicted octanol–water partition coefficient (Wildman–Crippen LogP) is 1.14. The second-order valence-corrected chi connectivity index (χ2v) is 4.49. The number of hydrogen-bond acceptors (Lipinski definition) is 4. The Labute approximate surface area is 88.9 Å². The molecule has 0 fully saturated rings. The number of nitrogens with zero attached hydrogens (tertiary/aromatic N) is 1. The van der Waals surface area contributed by atoms with Crippen molar-refractivity contribution in [2.24, 2.45) is 0 Å². The second-order valence-electron chi connectivity index (χ2n) is 3.44. The summed E-state index contributed by atoms with van der Waals surface area (Å²) in [6, 6.07) is 3.94. The Morgan fingerprint density at radius 3 is 2.64 bits per heavy atom. The van der Waals surface area contributed by atoms with E-state index in [-0.39, 0.29) is 12.1 Å². The monoisotopic (exact) mass is 212 g/mol. The molecule has 0 radical (unpaired) electrons. The van der Waals surface area contributed by atoms with Crippen LogP contribution < -0.4 is 5.32 Å². The maximum atomic E-state index is 9.18. The molecular formula is C10H16N2OS. The normalized spacial score (nSPS) is 15.1. The van der Waals surface area contributed by atoms with Crippen LogP contribution >= 0.6 is 11.8 Å². The number of aromatic nitrogens is 1. The lowest BCUT2D eigenvalue weighted by atomic mass is 10.1. The van der Waals surface area contributed by atoms with Gasteiger partial charge >= 0.3 is 0 Å². The number of aliphatic hydroxyl groups excluding tert-OH is 1. The molecule has 1 aromatic rings. The summed E-state index contributed by atoms with van der Waals surface area (Å²) in [5.74, 6) is 0.837. The van der Waals surface area contributed by atoms with Crippen LogP contribution in [-0.4, -0.2) is 35.0 Å². The van der Waals surface area contributed by atoms with Gasteiger partial charge in [-0.25, -0.2) is 0 Å². The molecule has 0 spiro atoms. The molecule has 1 atom stereocenters. The zero-order valence-corrected chi connectivity index (χ0v) is 9.34. The van der Waals surface area contributed by atoms with Crippen LogP contribution in [0.4, 0.5) is 0 Å². The van der Waals surface area contributed by atoms with Gasteiger partial charge < -0.3 is 10.4 Å². The van der Waals surface area contributed by atoms with Gasteiger partial charge in [0, 0.05) is 28.6 Å². The van der Waals surface area contributed by atoms with Crippen LogP contribution in [0.15, 0.2) is 29.4 Å².